The van der Waals surface area contributed by atoms with Crippen molar-refractivity contribution in [3.05, 3.63) is 35.3 Å². The van der Waals surface area contributed by atoms with Gasteiger partial charge in [-0.2, -0.15) is 4.73 Å². The Morgan fingerprint density at radius 1 is 1.53 bits per heavy atom. The summed E-state index contributed by atoms with van der Waals surface area (Å²) in [5.74, 6) is -1.22. The molecule has 0 bridgehead atoms. The van der Waals surface area contributed by atoms with Crippen LogP contribution in [-0.4, -0.2) is 27.4 Å². The third-order valence-electron chi connectivity index (χ3n) is 1.89. The molecule has 0 spiro atoms. The van der Waals surface area contributed by atoms with Crippen molar-refractivity contribution in [1.29, 1.82) is 0 Å². The van der Waals surface area contributed by atoms with Gasteiger partial charge in [0.2, 0.25) is 0 Å². The second kappa shape index (κ2) is 4.72. The zero-order valence-electron chi connectivity index (χ0n) is 7.78. The normalized spacial score (nSPS) is 14.5. The Morgan fingerprint density at radius 2 is 2.20 bits per heavy atom. The van der Waals surface area contributed by atoms with Crippen LogP contribution in [-0.2, 0) is 4.79 Å². The first-order valence-electron chi connectivity index (χ1n) is 4.27. The number of carboxylic acid groups (broad SMARTS) is 1. The minimum Gasteiger partial charge on any atom is -0.619 e. The van der Waals surface area contributed by atoms with Crippen molar-refractivity contribution in [1.82, 2.24) is 0 Å². The molecular formula is C9H11NO5. The van der Waals surface area contributed by atoms with E-state index in [2.05, 4.69) is 0 Å². The molecule has 82 valence electrons. The number of aliphatic hydroxyl groups excluding tert-OH is 2. The van der Waals surface area contributed by atoms with Crippen molar-refractivity contribution in [3.8, 4) is 0 Å². The predicted octanol–water partition coefficient (Wildman–Crippen LogP) is -0.811. The Labute approximate surface area is 85.6 Å². The molecule has 0 amide bonds. The van der Waals surface area contributed by atoms with E-state index in [1.54, 1.807) is 0 Å². The van der Waals surface area contributed by atoms with Gasteiger partial charge in [-0.25, -0.2) is 0 Å². The lowest BCUT2D eigenvalue weighted by molar-refractivity contribution is -0.606. The van der Waals surface area contributed by atoms with E-state index in [4.69, 9.17) is 5.11 Å². The van der Waals surface area contributed by atoms with Crippen LogP contribution in [0.15, 0.2) is 24.5 Å². The molecule has 1 aromatic rings. The van der Waals surface area contributed by atoms with E-state index >= 15 is 0 Å². The van der Waals surface area contributed by atoms with Crippen LogP contribution < -0.4 is 4.73 Å². The molecule has 0 aromatic carbocycles. The summed E-state index contributed by atoms with van der Waals surface area (Å²) in [6.07, 6.45) is -1.07. The lowest BCUT2D eigenvalue weighted by Gasteiger charge is -2.15. The molecule has 1 heterocycles. The molecule has 2 atom stereocenters. The smallest absolute Gasteiger partial charge is 0.306 e. The predicted molar refractivity (Wildman–Crippen MR) is 48.6 cm³/mol. The molecule has 15 heavy (non-hydrogen) atoms. The molecule has 0 aliphatic rings. The Kier molecular flexibility index (Phi) is 3.59. The van der Waals surface area contributed by atoms with Crippen molar-refractivity contribution in [2.24, 2.45) is 0 Å². The molecule has 1 aromatic heterocycles. The SMILES string of the molecule is O=C(O)CC(O)C(O)c1ccc[n+]([O-])c1. The highest BCUT2D eigenvalue weighted by Gasteiger charge is 2.22. The van der Waals surface area contributed by atoms with Crippen LogP contribution in [0.5, 0.6) is 0 Å². The molecule has 6 nitrogen and oxygen atoms in total. The second-order valence-corrected chi connectivity index (χ2v) is 3.11. The second-order valence-electron chi connectivity index (χ2n) is 3.11. The van der Waals surface area contributed by atoms with Crippen LogP contribution in [0.2, 0.25) is 0 Å². The summed E-state index contributed by atoms with van der Waals surface area (Å²) in [6, 6.07) is 2.84. The molecule has 0 aliphatic heterocycles. The highest BCUT2D eigenvalue weighted by atomic mass is 16.5. The number of hydrogen-bond acceptors (Lipinski definition) is 4. The first kappa shape index (κ1) is 11.4. The number of nitrogens with zero attached hydrogens (tertiary/aromatic N) is 1. The first-order valence-corrected chi connectivity index (χ1v) is 4.27. The van der Waals surface area contributed by atoms with Crippen molar-refractivity contribution in [3.63, 3.8) is 0 Å². The van der Waals surface area contributed by atoms with Gasteiger partial charge in [-0.05, 0) is 6.07 Å². The van der Waals surface area contributed by atoms with Gasteiger partial charge in [0.05, 0.1) is 12.5 Å². The van der Waals surface area contributed by atoms with E-state index in [1.165, 1.54) is 18.3 Å². The monoisotopic (exact) mass is 213 g/mol. The van der Waals surface area contributed by atoms with Gasteiger partial charge in [-0.15, -0.1) is 0 Å². The Bertz CT molecular complexity index is 354. The maximum atomic E-state index is 10.8. The van der Waals surface area contributed by atoms with Crippen LogP contribution in [0.25, 0.3) is 0 Å². The molecule has 0 radical (unpaired) electrons. The Morgan fingerprint density at radius 3 is 2.73 bits per heavy atom. The molecule has 6 heteroatoms. The van der Waals surface area contributed by atoms with Crippen LogP contribution in [0, 0.1) is 5.21 Å². The zero-order chi connectivity index (χ0) is 11.4. The van der Waals surface area contributed by atoms with E-state index < -0.39 is 24.6 Å². The standard InChI is InChI=1S/C9H11NO5/c11-7(4-8(12)13)9(14)6-2-1-3-10(15)5-6/h1-3,5,7,9,11,14H,4H2,(H,12,13). The van der Waals surface area contributed by atoms with E-state index in [0.29, 0.717) is 4.73 Å². The number of hydrogen-bond donors (Lipinski definition) is 3. The first-order chi connectivity index (χ1) is 7.00. The van der Waals surface area contributed by atoms with E-state index in [1.807, 2.05) is 0 Å². The van der Waals surface area contributed by atoms with E-state index in [-0.39, 0.29) is 5.56 Å². The minimum atomic E-state index is -1.43. The van der Waals surface area contributed by atoms with Gasteiger partial charge in [0.25, 0.3) is 0 Å². The number of pyridine rings is 1. The Balaban J connectivity index is 2.75. The van der Waals surface area contributed by atoms with Crippen molar-refractivity contribution >= 4 is 5.97 Å². The molecule has 1 rings (SSSR count). The van der Waals surface area contributed by atoms with Gasteiger partial charge < -0.3 is 20.5 Å². The maximum absolute atomic E-state index is 10.8. The van der Waals surface area contributed by atoms with Gasteiger partial charge in [-0.3, -0.25) is 4.79 Å². The molecule has 0 saturated heterocycles. The minimum absolute atomic E-state index is 0.182. The lowest BCUT2D eigenvalue weighted by Crippen LogP contribution is -2.28. The molecule has 3 N–H and O–H groups in total. The fraction of sp³-hybridized carbons (Fsp3) is 0.333. The molecule has 2 unspecified atom stereocenters. The quantitative estimate of drug-likeness (QED) is 0.448. The fourth-order valence-corrected chi connectivity index (χ4v) is 1.16. The summed E-state index contributed by atoms with van der Waals surface area (Å²) in [7, 11) is 0. The molecule has 0 saturated carbocycles. The lowest BCUT2D eigenvalue weighted by atomic mass is 10.0. The van der Waals surface area contributed by atoms with Gasteiger partial charge in [0.15, 0.2) is 12.4 Å². The number of carboxylic acids is 1. The van der Waals surface area contributed by atoms with Gasteiger partial charge in [0.1, 0.15) is 6.10 Å². The van der Waals surface area contributed by atoms with Crippen LogP contribution in [0.4, 0.5) is 0 Å². The van der Waals surface area contributed by atoms with Crippen molar-refractivity contribution in [2.75, 3.05) is 0 Å². The third-order valence-corrected chi connectivity index (χ3v) is 1.89. The maximum Gasteiger partial charge on any atom is 0.306 e. The number of aromatic nitrogens is 1. The summed E-state index contributed by atoms with van der Waals surface area (Å²) in [5, 5.41) is 38.0. The summed E-state index contributed by atoms with van der Waals surface area (Å²) in [4.78, 5) is 10.3. The van der Waals surface area contributed by atoms with Crippen LogP contribution >= 0.6 is 0 Å². The summed E-state index contributed by atoms with van der Waals surface area (Å²) < 4.78 is 0.464. The summed E-state index contributed by atoms with van der Waals surface area (Å²) >= 11 is 0. The molecule has 0 aliphatic carbocycles. The van der Waals surface area contributed by atoms with Crippen LogP contribution in [0.3, 0.4) is 0 Å². The van der Waals surface area contributed by atoms with E-state index in [9.17, 15) is 20.2 Å². The number of carbonyl (C=O) groups is 1. The van der Waals surface area contributed by atoms with Gasteiger partial charge >= 0.3 is 5.97 Å². The summed E-state index contributed by atoms with van der Waals surface area (Å²) in [5.41, 5.74) is 0.182. The molecular weight excluding hydrogens is 202 g/mol. The van der Waals surface area contributed by atoms with Crippen molar-refractivity contribution < 1.29 is 24.8 Å². The van der Waals surface area contributed by atoms with E-state index in [0.717, 1.165) is 6.20 Å². The topological polar surface area (TPSA) is 105 Å². The average Bonchev–Trinajstić information content (AvgIpc) is 2.15. The third kappa shape index (κ3) is 3.19. The average molecular weight is 213 g/mol. The largest absolute Gasteiger partial charge is 0.619 e. The highest BCUT2D eigenvalue weighted by Crippen LogP contribution is 2.16. The van der Waals surface area contributed by atoms with Crippen molar-refractivity contribution in [2.45, 2.75) is 18.6 Å². The number of aliphatic carboxylic acids is 1. The van der Waals surface area contributed by atoms with Gasteiger partial charge in [0, 0.05) is 11.6 Å². The van der Waals surface area contributed by atoms with Gasteiger partial charge in [-0.1, -0.05) is 0 Å². The fourth-order valence-electron chi connectivity index (χ4n) is 1.16. The highest BCUT2D eigenvalue weighted by molar-refractivity contribution is 5.67. The molecule has 0 fully saturated rings. The number of rotatable bonds is 4. The zero-order valence-corrected chi connectivity index (χ0v) is 7.78. The number of aliphatic hydroxyl groups is 2. The van der Waals surface area contributed by atoms with Crippen LogP contribution in [0.1, 0.15) is 18.1 Å². The Hall–Kier alpha value is -1.66. The summed E-state index contributed by atoms with van der Waals surface area (Å²) in [6.45, 7) is 0.